The number of nitrogens with one attached hydrogen (secondary N) is 1. The zero-order chi connectivity index (χ0) is 26.4. The quantitative estimate of drug-likeness (QED) is 0.443. The molecule has 0 radical (unpaired) electrons. The number of likely N-dealkylation sites (tertiary alicyclic amines) is 1. The Bertz CT molecular complexity index is 1430. The van der Waals surface area contributed by atoms with Crippen molar-refractivity contribution in [1.29, 1.82) is 5.26 Å². The number of amides is 2. The molecule has 0 aliphatic carbocycles. The van der Waals surface area contributed by atoms with Crippen LogP contribution in [-0.4, -0.2) is 50.4 Å². The summed E-state index contributed by atoms with van der Waals surface area (Å²) in [5, 5.41) is 16.4. The Hall–Kier alpha value is -4.51. The van der Waals surface area contributed by atoms with Gasteiger partial charge in [0.2, 0.25) is 5.91 Å². The van der Waals surface area contributed by atoms with Crippen molar-refractivity contribution in [3.05, 3.63) is 78.1 Å². The van der Waals surface area contributed by atoms with E-state index in [1.54, 1.807) is 22.8 Å². The molecule has 0 unspecified atom stereocenters. The largest absolute Gasteiger partial charge is 0.353 e. The van der Waals surface area contributed by atoms with Crippen LogP contribution in [0.15, 0.2) is 67.0 Å². The molecular formula is C29H30N6O2. The molecule has 0 atom stereocenters. The smallest absolute Gasteiger partial charge is 0.253 e. The van der Waals surface area contributed by atoms with Gasteiger partial charge in [0.25, 0.3) is 5.91 Å². The third-order valence-corrected chi connectivity index (χ3v) is 6.31. The van der Waals surface area contributed by atoms with Gasteiger partial charge in [-0.3, -0.25) is 9.59 Å². The molecule has 1 fully saturated rings. The van der Waals surface area contributed by atoms with Crippen LogP contribution in [-0.2, 0) is 4.79 Å². The van der Waals surface area contributed by atoms with Crippen molar-refractivity contribution in [2.75, 3.05) is 13.1 Å². The first-order valence-electron chi connectivity index (χ1n) is 12.5. The van der Waals surface area contributed by atoms with Gasteiger partial charge in [0.05, 0.1) is 23.5 Å². The lowest BCUT2D eigenvalue weighted by molar-refractivity contribution is -0.119. The van der Waals surface area contributed by atoms with Gasteiger partial charge in [-0.05, 0) is 48.7 Å². The molecule has 1 saturated heterocycles. The molecule has 2 aromatic heterocycles. The molecule has 1 N–H and O–H groups in total. The predicted molar refractivity (Wildman–Crippen MR) is 143 cm³/mol. The van der Waals surface area contributed by atoms with Gasteiger partial charge in [-0.25, -0.2) is 9.50 Å². The number of nitriles is 1. The SMILES string of the molecule is CC.CC(=O)NC1CCN(C(=O)c2ccc(-c3ccn4ncc(-c5ccc(C#N)cc5)c4n3)cc2)CC1. The zero-order valence-corrected chi connectivity index (χ0v) is 21.3. The molecule has 0 spiro atoms. The van der Waals surface area contributed by atoms with Gasteiger partial charge in [0, 0.05) is 48.9 Å². The Morgan fingerprint density at radius 3 is 2.24 bits per heavy atom. The van der Waals surface area contributed by atoms with E-state index in [2.05, 4.69) is 16.5 Å². The van der Waals surface area contributed by atoms with Gasteiger partial charge >= 0.3 is 0 Å². The van der Waals surface area contributed by atoms with Crippen LogP contribution in [0.5, 0.6) is 0 Å². The fraction of sp³-hybridized carbons (Fsp3) is 0.276. The van der Waals surface area contributed by atoms with E-state index in [4.69, 9.17) is 10.2 Å². The van der Waals surface area contributed by atoms with Crippen molar-refractivity contribution in [2.24, 2.45) is 0 Å². The molecule has 0 bridgehead atoms. The number of nitrogens with zero attached hydrogens (tertiary/aromatic N) is 5. The molecule has 2 amide bonds. The molecular weight excluding hydrogens is 464 g/mol. The molecule has 1 aliphatic rings. The van der Waals surface area contributed by atoms with Gasteiger partial charge < -0.3 is 10.2 Å². The van der Waals surface area contributed by atoms with Crippen molar-refractivity contribution in [1.82, 2.24) is 24.8 Å². The van der Waals surface area contributed by atoms with E-state index in [9.17, 15) is 9.59 Å². The molecule has 37 heavy (non-hydrogen) atoms. The molecule has 1 aliphatic heterocycles. The maximum atomic E-state index is 13.0. The zero-order valence-electron chi connectivity index (χ0n) is 21.3. The Kier molecular flexibility index (Phi) is 7.94. The normalized spacial score (nSPS) is 13.4. The van der Waals surface area contributed by atoms with E-state index in [1.807, 2.05) is 67.4 Å². The number of piperidine rings is 1. The third kappa shape index (κ3) is 5.67. The molecule has 188 valence electrons. The molecule has 4 aromatic rings. The molecule has 0 saturated carbocycles. The van der Waals surface area contributed by atoms with Crippen LogP contribution in [0.1, 0.15) is 49.5 Å². The summed E-state index contributed by atoms with van der Waals surface area (Å²) < 4.78 is 1.72. The van der Waals surface area contributed by atoms with Gasteiger partial charge in [-0.1, -0.05) is 38.1 Å². The van der Waals surface area contributed by atoms with Crippen LogP contribution in [0, 0.1) is 11.3 Å². The highest BCUT2D eigenvalue weighted by molar-refractivity contribution is 5.94. The minimum atomic E-state index is -0.0304. The fourth-order valence-electron chi connectivity index (χ4n) is 4.44. The lowest BCUT2D eigenvalue weighted by atomic mass is 10.0. The Morgan fingerprint density at radius 1 is 0.973 bits per heavy atom. The lowest BCUT2D eigenvalue weighted by Crippen LogP contribution is -2.46. The number of hydrogen-bond donors (Lipinski definition) is 1. The predicted octanol–water partition coefficient (Wildman–Crippen LogP) is 4.70. The van der Waals surface area contributed by atoms with Crippen LogP contribution in [0.25, 0.3) is 28.0 Å². The Morgan fingerprint density at radius 2 is 1.62 bits per heavy atom. The van der Waals surface area contributed by atoms with E-state index in [-0.39, 0.29) is 17.9 Å². The summed E-state index contributed by atoms with van der Waals surface area (Å²) in [5.41, 5.74) is 5.46. The van der Waals surface area contributed by atoms with Crippen molar-refractivity contribution in [2.45, 2.75) is 39.7 Å². The highest BCUT2D eigenvalue weighted by Crippen LogP contribution is 2.26. The van der Waals surface area contributed by atoms with E-state index in [1.165, 1.54) is 6.92 Å². The number of fused-ring (bicyclic) bond motifs is 1. The number of benzene rings is 2. The van der Waals surface area contributed by atoms with Crippen LogP contribution >= 0.6 is 0 Å². The summed E-state index contributed by atoms with van der Waals surface area (Å²) in [5.74, 6) is -0.0303. The first-order valence-corrected chi connectivity index (χ1v) is 12.5. The Labute approximate surface area is 216 Å². The average Bonchev–Trinajstić information content (AvgIpc) is 3.37. The molecule has 2 aromatic carbocycles. The van der Waals surface area contributed by atoms with Crippen molar-refractivity contribution in [3.63, 3.8) is 0 Å². The van der Waals surface area contributed by atoms with Gasteiger partial charge in [0.1, 0.15) is 0 Å². The number of carbonyl (C=O) groups excluding carboxylic acids is 2. The summed E-state index contributed by atoms with van der Waals surface area (Å²) in [6.07, 6.45) is 5.16. The number of aromatic nitrogens is 3. The molecule has 5 rings (SSSR count). The van der Waals surface area contributed by atoms with Crippen LogP contribution in [0.2, 0.25) is 0 Å². The molecule has 3 heterocycles. The van der Waals surface area contributed by atoms with Crippen molar-refractivity contribution in [3.8, 4) is 28.5 Å². The Balaban J connectivity index is 0.00000156. The maximum Gasteiger partial charge on any atom is 0.253 e. The maximum absolute atomic E-state index is 13.0. The average molecular weight is 495 g/mol. The van der Waals surface area contributed by atoms with Crippen LogP contribution in [0.3, 0.4) is 0 Å². The third-order valence-electron chi connectivity index (χ3n) is 6.31. The summed E-state index contributed by atoms with van der Waals surface area (Å²) >= 11 is 0. The van der Waals surface area contributed by atoms with Crippen LogP contribution in [0.4, 0.5) is 0 Å². The second-order valence-electron chi connectivity index (χ2n) is 8.67. The van der Waals surface area contributed by atoms with E-state index in [0.717, 1.165) is 40.9 Å². The van der Waals surface area contributed by atoms with Crippen LogP contribution < -0.4 is 5.32 Å². The van der Waals surface area contributed by atoms with E-state index >= 15 is 0 Å². The summed E-state index contributed by atoms with van der Waals surface area (Å²) in [4.78, 5) is 30.9. The lowest BCUT2D eigenvalue weighted by Gasteiger charge is -2.32. The highest BCUT2D eigenvalue weighted by Gasteiger charge is 2.24. The molecule has 8 nitrogen and oxygen atoms in total. The second-order valence-corrected chi connectivity index (χ2v) is 8.67. The van der Waals surface area contributed by atoms with Gasteiger partial charge in [-0.15, -0.1) is 0 Å². The minimum absolute atomic E-state index is 0.000119. The fourth-order valence-corrected chi connectivity index (χ4v) is 4.44. The van der Waals surface area contributed by atoms with Gasteiger partial charge in [-0.2, -0.15) is 10.4 Å². The van der Waals surface area contributed by atoms with Crippen molar-refractivity contribution >= 4 is 17.5 Å². The minimum Gasteiger partial charge on any atom is -0.353 e. The first kappa shape index (κ1) is 25.6. The highest BCUT2D eigenvalue weighted by atomic mass is 16.2. The number of hydrogen-bond acceptors (Lipinski definition) is 5. The summed E-state index contributed by atoms with van der Waals surface area (Å²) in [6, 6.07) is 19.0. The summed E-state index contributed by atoms with van der Waals surface area (Å²) in [6.45, 7) is 6.78. The van der Waals surface area contributed by atoms with E-state index in [0.29, 0.717) is 24.2 Å². The van der Waals surface area contributed by atoms with Crippen molar-refractivity contribution < 1.29 is 9.59 Å². The molecule has 8 heteroatoms. The summed E-state index contributed by atoms with van der Waals surface area (Å²) in [7, 11) is 0. The topological polar surface area (TPSA) is 103 Å². The number of carbonyl (C=O) groups is 2. The van der Waals surface area contributed by atoms with Gasteiger partial charge in [0.15, 0.2) is 5.65 Å². The monoisotopic (exact) mass is 494 g/mol. The number of rotatable bonds is 4. The second kappa shape index (κ2) is 11.5. The standard InChI is InChI=1S/C27H24N6O2.C2H6/c1-18(34)30-23-10-13-32(14-11-23)27(35)22-8-6-21(7-9-22)25-12-15-33-26(31-25)24(17-29-33)20-4-2-19(16-28)3-5-20;1-2/h2-9,12,15,17,23H,10-11,13-14H2,1H3,(H,30,34);1-2H3. The van der Waals surface area contributed by atoms with E-state index < -0.39 is 0 Å². The first-order chi connectivity index (χ1) is 18.0.